The molecular weight excluding hydrogens is 334 g/mol. The van der Waals surface area contributed by atoms with Crippen LogP contribution in [0.5, 0.6) is 0 Å². The third-order valence-corrected chi connectivity index (χ3v) is 7.55. The van der Waals surface area contributed by atoms with E-state index in [1.165, 1.54) is 15.6 Å². The van der Waals surface area contributed by atoms with Crippen molar-refractivity contribution in [1.29, 1.82) is 0 Å². The Bertz CT molecular complexity index is 773. The van der Waals surface area contributed by atoms with Crippen molar-refractivity contribution in [1.82, 2.24) is 14.2 Å². The molecule has 0 aromatic carbocycles. The van der Waals surface area contributed by atoms with Crippen LogP contribution in [0.1, 0.15) is 22.2 Å². The van der Waals surface area contributed by atoms with Crippen LogP contribution in [0.25, 0.3) is 0 Å². The smallest absolute Gasteiger partial charge is 0.255 e. The average molecular weight is 353 g/mol. The maximum Gasteiger partial charge on any atom is 0.255 e. The predicted molar refractivity (Wildman–Crippen MR) is 89.2 cm³/mol. The van der Waals surface area contributed by atoms with Gasteiger partial charge >= 0.3 is 0 Å². The van der Waals surface area contributed by atoms with Gasteiger partial charge in [0.05, 0.1) is 5.56 Å². The summed E-state index contributed by atoms with van der Waals surface area (Å²) in [7, 11) is -3.45. The number of carbonyl (C=O) groups is 1. The van der Waals surface area contributed by atoms with Crippen molar-refractivity contribution in [2.75, 3.05) is 26.2 Å². The lowest BCUT2D eigenvalue weighted by molar-refractivity contribution is 0.0698. The molecule has 1 aliphatic heterocycles. The zero-order chi connectivity index (χ0) is 16.4. The first-order valence-electron chi connectivity index (χ1n) is 7.53. The summed E-state index contributed by atoms with van der Waals surface area (Å²) < 4.78 is 27.2. The molecule has 0 spiro atoms. The van der Waals surface area contributed by atoms with Crippen LogP contribution in [0.2, 0.25) is 0 Å². The van der Waals surface area contributed by atoms with Crippen LogP contribution < -0.4 is 0 Å². The van der Waals surface area contributed by atoms with Crippen LogP contribution in [0.3, 0.4) is 0 Å². The highest BCUT2D eigenvalue weighted by Crippen LogP contribution is 2.26. The Morgan fingerprint density at radius 2 is 1.96 bits per heavy atom. The Hall–Kier alpha value is -1.64. The number of H-pyrrole nitrogens is 1. The quantitative estimate of drug-likeness (QED) is 0.911. The summed E-state index contributed by atoms with van der Waals surface area (Å²) in [6.45, 7) is 3.49. The molecule has 2 aromatic rings. The fraction of sp³-hybridized carbons (Fsp3) is 0.400. The number of aromatic nitrogens is 1. The molecule has 1 N–H and O–H groups in total. The molecule has 0 bridgehead atoms. The van der Waals surface area contributed by atoms with Gasteiger partial charge in [-0.3, -0.25) is 4.79 Å². The normalized spacial score (nSPS) is 16.7. The van der Waals surface area contributed by atoms with Gasteiger partial charge in [-0.15, -0.1) is 11.3 Å². The molecule has 6 nitrogen and oxygen atoms in total. The monoisotopic (exact) mass is 353 g/mol. The van der Waals surface area contributed by atoms with Gasteiger partial charge in [0.25, 0.3) is 15.9 Å². The number of thiophene rings is 1. The number of aromatic amines is 1. The summed E-state index contributed by atoms with van der Waals surface area (Å²) in [6.07, 6.45) is 4.19. The molecule has 0 saturated carbocycles. The average Bonchev–Trinajstić information content (AvgIpc) is 3.25. The number of piperazine rings is 1. The predicted octanol–water partition coefficient (Wildman–Crippen LogP) is 1.79. The number of sulfonamides is 1. The maximum atomic E-state index is 12.6. The summed E-state index contributed by atoms with van der Waals surface area (Å²) in [4.78, 5) is 17.9. The summed E-state index contributed by atoms with van der Waals surface area (Å²) in [5.74, 6) is -0.0623. The number of carbonyl (C=O) groups excluding carboxylic acids is 1. The highest BCUT2D eigenvalue weighted by Gasteiger charge is 2.31. The van der Waals surface area contributed by atoms with E-state index in [9.17, 15) is 13.2 Å². The van der Waals surface area contributed by atoms with Gasteiger partial charge in [0, 0.05) is 43.4 Å². The van der Waals surface area contributed by atoms with E-state index in [2.05, 4.69) is 4.98 Å². The molecule has 8 heteroatoms. The van der Waals surface area contributed by atoms with Crippen LogP contribution in [-0.2, 0) is 16.4 Å². The largest absolute Gasteiger partial charge is 0.367 e. The summed E-state index contributed by atoms with van der Waals surface area (Å²) in [6, 6.07) is 5.27. The Labute approximate surface area is 139 Å². The van der Waals surface area contributed by atoms with Crippen molar-refractivity contribution < 1.29 is 13.2 Å². The molecule has 0 atom stereocenters. The third-order valence-electron chi connectivity index (χ3n) is 3.95. The lowest BCUT2D eigenvalue weighted by Gasteiger charge is -2.33. The Morgan fingerprint density at radius 1 is 1.22 bits per heavy atom. The van der Waals surface area contributed by atoms with E-state index in [0.717, 1.165) is 11.3 Å². The SMILES string of the molecule is CCc1ccc(S(=O)(=O)N2CCN(C(=O)c3cc[nH]c3)CC2)s1. The summed E-state index contributed by atoms with van der Waals surface area (Å²) in [5, 5.41) is 0. The van der Waals surface area contributed by atoms with E-state index in [1.807, 2.05) is 13.0 Å². The van der Waals surface area contributed by atoms with Crippen molar-refractivity contribution in [2.45, 2.75) is 17.6 Å². The highest BCUT2D eigenvalue weighted by molar-refractivity contribution is 7.91. The van der Waals surface area contributed by atoms with E-state index in [1.54, 1.807) is 29.4 Å². The molecule has 1 saturated heterocycles. The first-order chi connectivity index (χ1) is 11.0. The number of hydrogen-bond acceptors (Lipinski definition) is 4. The minimum absolute atomic E-state index is 0.0623. The van der Waals surface area contributed by atoms with E-state index in [-0.39, 0.29) is 5.91 Å². The molecule has 124 valence electrons. The molecular formula is C15H19N3O3S2. The molecule has 1 aliphatic rings. The zero-order valence-corrected chi connectivity index (χ0v) is 14.5. The number of amides is 1. The zero-order valence-electron chi connectivity index (χ0n) is 12.9. The van der Waals surface area contributed by atoms with Crippen LogP contribution in [0.4, 0.5) is 0 Å². The maximum absolute atomic E-state index is 12.6. The van der Waals surface area contributed by atoms with E-state index < -0.39 is 10.0 Å². The Balaban J connectivity index is 1.67. The van der Waals surface area contributed by atoms with Crippen molar-refractivity contribution in [2.24, 2.45) is 0 Å². The Morgan fingerprint density at radius 3 is 2.52 bits per heavy atom. The van der Waals surface area contributed by atoms with E-state index >= 15 is 0 Å². The highest BCUT2D eigenvalue weighted by atomic mass is 32.2. The number of aryl methyl sites for hydroxylation is 1. The van der Waals surface area contributed by atoms with Gasteiger partial charge in [-0.05, 0) is 24.6 Å². The molecule has 1 amide bonds. The van der Waals surface area contributed by atoms with Gasteiger partial charge < -0.3 is 9.88 Å². The van der Waals surface area contributed by atoms with Crippen LogP contribution in [-0.4, -0.2) is 54.7 Å². The lowest BCUT2D eigenvalue weighted by Crippen LogP contribution is -2.50. The van der Waals surface area contributed by atoms with Crippen molar-refractivity contribution >= 4 is 27.3 Å². The van der Waals surface area contributed by atoms with Gasteiger partial charge in [-0.2, -0.15) is 4.31 Å². The van der Waals surface area contributed by atoms with Gasteiger partial charge in [0.1, 0.15) is 4.21 Å². The molecule has 0 unspecified atom stereocenters. The Kier molecular flexibility index (Phi) is 4.56. The van der Waals surface area contributed by atoms with Gasteiger partial charge in [-0.1, -0.05) is 6.92 Å². The van der Waals surface area contributed by atoms with Gasteiger partial charge in [0.2, 0.25) is 0 Å². The molecule has 0 radical (unpaired) electrons. The second-order valence-corrected chi connectivity index (χ2v) is 8.70. The third kappa shape index (κ3) is 3.19. The van der Waals surface area contributed by atoms with E-state index in [4.69, 9.17) is 0 Å². The minimum atomic E-state index is -3.45. The molecule has 23 heavy (non-hydrogen) atoms. The topological polar surface area (TPSA) is 73.5 Å². The summed E-state index contributed by atoms with van der Waals surface area (Å²) >= 11 is 1.32. The molecule has 3 rings (SSSR count). The first kappa shape index (κ1) is 16.2. The standard InChI is InChI=1S/C15H19N3O3S2/c1-2-13-3-4-14(22-13)23(20,21)18-9-7-17(8-10-18)15(19)12-5-6-16-11-12/h3-6,11,16H,2,7-10H2,1H3. The fourth-order valence-electron chi connectivity index (χ4n) is 2.59. The lowest BCUT2D eigenvalue weighted by atomic mass is 10.2. The first-order valence-corrected chi connectivity index (χ1v) is 9.79. The van der Waals surface area contributed by atoms with Crippen LogP contribution in [0, 0.1) is 0 Å². The number of nitrogens with zero attached hydrogens (tertiary/aromatic N) is 2. The van der Waals surface area contributed by atoms with E-state index in [0.29, 0.717) is 36.0 Å². The van der Waals surface area contributed by atoms with Crippen molar-refractivity contribution in [3.8, 4) is 0 Å². The van der Waals surface area contributed by atoms with Crippen molar-refractivity contribution in [3.05, 3.63) is 41.0 Å². The van der Waals surface area contributed by atoms with Crippen LogP contribution >= 0.6 is 11.3 Å². The van der Waals surface area contributed by atoms with Crippen molar-refractivity contribution in [3.63, 3.8) is 0 Å². The van der Waals surface area contributed by atoms with Gasteiger partial charge in [0.15, 0.2) is 0 Å². The molecule has 3 heterocycles. The molecule has 1 fully saturated rings. The molecule has 0 aliphatic carbocycles. The second kappa shape index (κ2) is 6.46. The number of rotatable bonds is 4. The molecule has 2 aromatic heterocycles. The van der Waals surface area contributed by atoms with Gasteiger partial charge in [-0.25, -0.2) is 8.42 Å². The number of hydrogen-bond donors (Lipinski definition) is 1. The summed E-state index contributed by atoms with van der Waals surface area (Å²) in [5.41, 5.74) is 0.604. The second-order valence-electron chi connectivity index (χ2n) is 5.37. The fourth-order valence-corrected chi connectivity index (χ4v) is 5.46. The minimum Gasteiger partial charge on any atom is -0.367 e. The van der Waals surface area contributed by atoms with Crippen LogP contribution in [0.15, 0.2) is 34.8 Å². The number of nitrogens with one attached hydrogen (secondary N) is 1.